The number of rotatable bonds is 6. The van der Waals surface area contributed by atoms with Gasteiger partial charge in [0.15, 0.2) is 5.69 Å². The van der Waals surface area contributed by atoms with E-state index in [9.17, 15) is 4.79 Å². The molecule has 0 spiro atoms. The van der Waals surface area contributed by atoms with E-state index in [4.69, 9.17) is 4.74 Å². The molecule has 2 heterocycles. The molecule has 6 nitrogen and oxygen atoms in total. The summed E-state index contributed by atoms with van der Waals surface area (Å²) in [7, 11) is 0. The molecule has 1 aromatic heterocycles. The fraction of sp³-hybridized carbons (Fsp3) is 0.412. The first-order valence-electron chi connectivity index (χ1n) is 8.05. The zero-order valence-electron chi connectivity index (χ0n) is 13.3. The topological polar surface area (TPSA) is 79.0 Å². The van der Waals surface area contributed by atoms with Crippen molar-refractivity contribution in [3.63, 3.8) is 0 Å². The zero-order valence-corrected chi connectivity index (χ0v) is 13.3. The van der Waals surface area contributed by atoms with Gasteiger partial charge >= 0.3 is 0 Å². The van der Waals surface area contributed by atoms with Crippen molar-refractivity contribution in [3.8, 4) is 5.75 Å². The monoisotopic (exact) mass is 314 g/mol. The first-order chi connectivity index (χ1) is 11.3. The van der Waals surface area contributed by atoms with E-state index < -0.39 is 0 Å². The predicted molar refractivity (Wildman–Crippen MR) is 87.6 cm³/mol. The van der Waals surface area contributed by atoms with Gasteiger partial charge in [-0.3, -0.25) is 9.89 Å². The highest BCUT2D eigenvalue weighted by atomic mass is 16.5. The number of amides is 1. The average molecular weight is 314 g/mol. The van der Waals surface area contributed by atoms with Crippen molar-refractivity contribution in [1.29, 1.82) is 0 Å². The Kier molecular flexibility index (Phi) is 4.92. The number of aromatic nitrogens is 2. The lowest BCUT2D eigenvalue weighted by Crippen LogP contribution is -2.29. The van der Waals surface area contributed by atoms with Gasteiger partial charge in [-0.15, -0.1) is 0 Å². The van der Waals surface area contributed by atoms with Crippen molar-refractivity contribution in [1.82, 2.24) is 20.8 Å². The number of carbonyl (C=O) groups is 1. The van der Waals surface area contributed by atoms with Gasteiger partial charge in [-0.05, 0) is 25.0 Å². The van der Waals surface area contributed by atoms with Crippen LogP contribution in [0.1, 0.15) is 34.2 Å². The minimum atomic E-state index is -0.125. The number of nitrogens with zero attached hydrogens (tertiary/aromatic N) is 1. The molecule has 122 valence electrons. The summed E-state index contributed by atoms with van der Waals surface area (Å²) in [4.78, 5) is 12.3. The summed E-state index contributed by atoms with van der Waals surface area (Å²) in [6, 6.07) is 7.92. The van der Waals surface area contributed by atoms with Gasteiger partial charge in [-0.2, -0.15) is 5.10 Å². The summed E-state index contributed by atoms with van der Waals surface area (Å²) in [6.07, 6.45) is 1.62. The lowest BCUT2D eigenvalue weighted by atomic mass is 10.1. The van der Waals surface area contributed by atoms with Crippen LogP contribution in [0.4, 0.5) is 0 Å². The maximum absolute atomic E-state index is 12.3. The van der Waals surface area contributed by atoms with Gasteiger partial charge in [0.05, 0.1) is 6.61 Å². The standard InChI is InChI=1S/C17H22N4O2/c1-2-23-15-6-4-3-5-12(15)7-10-19-17(22)16-13-11-18-9-8-14(13)20-21-16/h3-6,18H,2,7-11H2,1H3,(H,19,22)(H,20,21). The number of H-pyrrole nitrogens is 1. The number of fused-ring (bicyclic) bond motifs is 1. The lowest BCUT2D eigenvalue weighted by molar-refractivity contribution is 0.0948. The molecule has 1 aromatic carbocycles. The third-order valence-corrected chi connectivity index (χ3v) is 3.97. The summed E-state index contributed by atoms with van der Waals surface area (Å²) in [6.45, 7) is 4.77. The fourth-order valence-corrected chi connectivity index (χ4v) is 2.81. The smallest absolute Gasteiger partial charge is 0.272 e. The fourth-order valence-electron chi connectivity index (χ4n) is 2.81. The van der Waals surface area contributed by atoms with Crippen molar-refractivity contribution < 1.29 is 9.53 Å². The Bertz CT molecular complexity index is 681. The van der Waals surface area contributed by atoms with E-state index in [1.165, 1.54) is 0 Å². The van der Waals surface area contributed by atoms with Crippen molar-refractivity contribution in [2.24, 2.45) is 0 Å². The molecule has 0 bridgehead atoms. The van der Waals surface area contributed by atoms with Crippen LogP contribution >= 0.6 is 0 Å². The second kappa shape index (κ2) is 7.28. The molecule has 23 heavy (non-hydrogen) atoms. The van der Waals surface area contributed by atoms with Crippen molar-refractivity contribution in [3.05, 3.63) is 46.8 Å². The third kappa shape index (κ3) is 3.53. The molecule has 3 rings (SSSR count). The highest BCUT2D eigenvalue weighted by Gasteiger charge is 2.21. The number of ether oxygens (including phenoxy) is 1. The molecule has 1 aliphatic rings. The Labute approximate surface area is 135 Å². The molecule has 0 aliphatic carbocycles. The Balaban J connectivity index is 1.59. The van der Waals surface area contributed by atoms with Gasteiger partial charge in [0, 0.05) is 37.3 Å². The van der Waals surface area contributed by atoms with E-state index in [1.54, 1.807) is 0 Å². The van der Waals surface area contributed by atoms with E-state index in [-0.39, 0.29) is 5.91 Å². The van der Waals surface area contributed by atoms with Crippen LogP contribution in [0.25, 0.3) is 0 Å². The van der Waals surface area contributed by atoms with Gasteiger partial charge in [-0.1, -0.05) is 18.2 Å². The lowest BCUT2D eigenvalue weighted by Gasteiger charge is -2.13. The first kappa shape index (κ1) is 15.6. The molecule has 1 aliphatic heterocycles. The minimum Gasteiger partial charge on any atom is -0.494 e. The molecular weight excluding hydrogens is 292 g/mol. The molecule has 1 amide bonds. The molecule has 6 heteroatoms. The summed E-state index contributed by atoms with van der Waals surface area (Å²) in [5, 5.41) is 13.4. The van der Waals surface area contributed by atoms with Crippen LogP contribution in [0, 0.1) is 0 Å². The van der Waals surface area contributed by atoms with Crippen LogP contribution in [0.15, 0.2) is 24.3 Å². The molecule has 0 fully saturated rings. The summed E-state index contributed by atoms with van der Waals surface area (Å²) >= 11 is 0. The van der Waals surface area contributed by atoms with Crippen molar-refractivity contribution in [2.45, 2.75) is 26.3 Å². The van der Waals surface area contributed by atoms with E-state index in [0.717, 1.165) is 42.0 Å². The average Bonchev–Trinajstić information content (AvgIpc) is 3.01. The van der Waals surface area contributed by atoms with Crippen LogP contribution in [0.2, 0.25) is 0 Å². The molecule has 0 saturated heterocycles. The molecule has 2 aromatic rings. The molecule has 0 unspecified atom stereocenters. The summed E-state index contributed by atoms with van der Waals surface area (Å²) in [5.41, 5.74) is 3.66. The first-order valence-corrected chi connectivity index (χ1v) is 8.05. The Morgan fingerprint density at radius 2 is 2.26 bits per heavy atom. The van der Waals surface area contributed by atoms with Crippen LogP contribution in [0.3, 0.4) is 0 Å². The van der Waals surface area contributed by atoms with Crippen molar-refractivity contribution in [2.75, 3.05) is 19.7 Å². The number of hydrogen-bond donors (Lipinski definition) is 3. The van der Waals surface area contributed by atoms with Crippen molar-refractivity contribution >= 4 is 5.91 Å². The Morgan fingerprint density at radius 1 is 1.39 bits per heavy atom. The molecule has 0 atom stereocenters. The van der Waals surface area contributed by atoms with Gasteiger partial charge in [0.2, 0.25) is 0 Å². The van der Waals surface area contributed by atoms with E-state index >= 15 is 0 Å². The van der Waals surface area contributed by atoms with Gasteiger partial charge < -0.3 is 15.4 Å². The minimum absolute atomic E-state index is 0.125. The second-order valence-electron chi connectivity index (χ2n) is 5.50. The van der Waals surface area contributed by atoms with Gasteiger partial charge in [0.25, 0.3) is 5.91 Å². The summed E-state index contributed by atoms with van der Waals surface area (Å²) in [5.74, 6) is 0.755. The van der Waals surface area contributed by atoms with E-state index in [0.29, 0.717) is 25.4 Å². The zero-order chi connectivity index (χ0) is 16.1. The number of hydrogen-bond acceptors (Lipinski definition) is 4. The Morgan fingerprint density at radius 3 is 3.13 bits per heavy atom. The van der Waals surface area contributed by atoms with Crippen LogP contribution < -0.4 is 15.4 Å². The van der Waals surface area contributed by atoms with Crippen LogP contribution in [-0.4, -0.2) is 35.8 Å². The molecular formula is C17H22N4O2. The number of aromatic amines is 1. The van der Waals surface area contributed by atoms with Gasteiger partial charge in [-0.25, -0.2) is 0 Å². The van der Waals surface area contributed by atoms with Crippen LogP contribution in [0.5, 0.6) is 5.75 Å². The number of para-hydroxylation sites is 1. The predicted octanol–water partition coefficient (Wildman–Crippen LogP) is 1.43. The highest BCUT2D eigenvalue weighted by Crippen LogP contribution is 2.18. The number of benzene rings is 1. The highest BCUT2D eigenvalue weighted by molar-refractivity contribution is 5.94. The van der Waals surface area contributed by atoms with Crippen LogP contribution in [-0.2, 0) is 19.4 Å². The van der Waals surface area contributed by atoms with Gasteiger partial charge in [0.1, 0.15) is 5.75 Å². The largest absolute Gasteiger partial charge is 0.494 e. The molecule has 0 radical (unpaired) electrons. The number of nitrogens with one attached hydrogen (secondary N) is 3. The Hall–Kier alpha value is -2.34. The second-order valence-corrected chi connectivity index (χ2v) is 5.50. The van der Waals surface area contributed by atoms with E-state index in [1.807, 2.05) is 31.2 Å². The maximum atomic E-state index is 12.3. The third-order valence-electron chi connectivity index (χ3n) is 3.97. The molecule has 0 saturated carbocycles. The quantitative estimate of drug-likeness (QED) is 0.753. The maximum Gasteiger partial charge on any atom is 0.272 e. The van der Waals surface area contributed by atoms with E-state index in [2.05, 4.69) is 20.8 Å². The normalized spacial score (nSPS) is 13.4. The summed E-state index contributed by atoms with van der Waals surface area (Å²) < 4.78 is 5.60. The molecule has 3 N–H and O–H groups in total. The SMILES string of the molecule is CCOc1ccccc1CCNC(=O)c1n[nH]c2c1CNCC2. The number of carbonyl (C=O) groups excluding carboxylic acids is 1.